The molecule has 1 atom stereocenters. The highest BCUT2D eigenvalue weighted by Gasteiger charge is 2.12. The van der Waals surface area contributed by atoms with Crippen LogP contribution in [0.4, 0.5) is 0 Å². The van der Waals surface area contributed by atoms with Crippen molar-refractivity contribution in [2.75, 3.05) is 0 Å². The molecule has 0 saturated carbocycles. The van der Waals surface area contributed by atoms with E-state index in [2.05, 4.69) is 22.0 Å². The molecule has 0 radical (unpaired) electrons. The van der Waals surface area contributed by atoms with Crippen LogP contribution in [0, 0.1) is 18.3 Å². The molecule has 20 heavy (non-hydrogen) atoms. The molecule has 0 aromatic heterocycles. The van der Waals surface area contributed by atoms with E-state index in [1.807, 2.05) is 37.3 Å². The first-order valence-electron chi connectivity index (χ1n) is 6.15. The maximum atomic E-state index is 9.22. The van der Waals surface area contributed by atoms with Gasteiger partial charge < -0.3 is 4.74 Å². The molecule has 0 fully saturated rings. The van der Waals surface area contributed by atoms with Crippen LogP contribution in [0.2, 0.25) is 5.02 Å². The van der Waals surface area contributed by atoms with Crippen LogP contribution in [0.3, 0.4) is 0 Å². The highest BCUT2D eigenvalue weighted by atomic mass is 79.9. The molecule has 2 rings (SSSR count). The summed E-state index contributed by atoms with van der Waals surface area (Å²) < 4.78 is 6.55. The van der Waals surface area contributed by atoms with Gasteiger partial charge in [0.05, 0.1) is 5.02 Å². The first-order valence-corrected chi connectivity index (χ1v) is 7.32. The summed E-state index contributed by atoms with van der Waals surface area (Å²) in [6.07, 6.45) is -0.0280. The molecule has 2 aromatic carbocycles. The van der Waals surface area contributed by atoms with E-state index >= 15 is 0 Å². The molecule has 2 nitrogen and oxygen atoms in total. The van der Waals surface area contributed by atoms with Crippen LogP contribution >= 0.6 is 27.5 Å². The average Bonchev–Trinajstić information content (AvgIpc) is 2.43. The molecule has 0 saturated heterocycles. The van der Waals surface area contributed by atoms with E-state index in [1.54, 1.807) is 12.1 Å². The van der Waals surface area contributed by atoms with Gasteiger partial charge in [0.25, 0.3) is 0 Å². The fraction of sp³-hybridized carbons (Fsp3) is 0.188. The van der Waals surface area contributed by atoms with Crippen molar-refractivity contribution in [3.05, 3.63) is 63.1 Å². The second-order valence-electron chi connectivity index (χ2n) is 4.50. The normalized spacial score (nSPS) is 11.7. The maximum Gasteiger partial charge on any atom is 0.188 e. The fourth-order valence-electron chi connectivity index (χ4n) is 1.78. The molecule has 0 aliphatic heterocycles. The predicted molar refractivity (Wildman–Crippen MR) is 84.1 cm³/mol. The van der Waals surface area contributed by atoms with Gasteiger partial charge in [0.1, 0.15) is 11.8 Å². The molecule has 0 aliphatic rings. The van der Waals surface area contributed by atoms with Crippen molar-refractivity contribution < 1.29 is 4.74 Å². The Morgan fingerprint density at radius 3 is 2.55 bits per heavy atom. The Balaban J connectivity index is 2.09. The van der Waals surface area contributed by atoms with Crippen LogP contribution in [-0.4, -0.2) is 6.10 Å². The van der Waals surface area contributed by atoms with Gasteiger partial charge in [0.2, 0.25) is 0 Å². The third-order valence-corrected chi connectivity index (χ3v) is 3.64. The second kappa shape index (κ2) is 6.78. The molecule has 0 unspecified atom stereocenters. The zero-order valence-corrected chi connectivity index (χ0v) is 13.3. The third-order valence-electron chi connectivity index (χ3n) is 2.85. The van der Waals surface area contributed by atoms with Crippen molar-refractivity contribution in [1.82, 2.24) is 0 Å². The Kier molecular flexibility index (Phi) is 5.05. The second-order valence-corrected chi connectivity index (χ2v) is 5.82. The topological polar surface area (TPSA) is 33.0 Å². The summed E-state index contributed by atoms with van der Waals surface area (Å²) >= 11 is 9.43. The lowest BCUT2D eigenvalue weighted by molar-refractivity contribution is 0.257. The van der Waals surface area contributed by atoms with Gasteiger partial charge in [-0.05, 0) is 30.7 Å². The Morgan fingerprint density at radius 2 is 1.95 bits per heavy atom. The zero-order valence-electron chi connectivity index (χ0n) is 10.9. The van der Waals surface area contributed by atoms with Crippen molar-refractivity contribution >= 4 is 27.5 Å². The largest absolute Gasteiger partial charge is 0.474 e. The zero-order chi connectivity index (χ0) is 14.5. The van der Waals surface area contributed by atoms with Gasteiger partial charge in [-0.15, -0.1) is 0 Å². The van der Waals surface area contributed by atoms with Crippen LogP contribution in [0.25, 0.3) is 0 Å². The van der Waals surface area contributed by atoms with E-state index in [0.29, 0.717) is 17.2 Å². The van der Waals surface area contributed by atoms with Gasteiger partial charge >= 0.3 is 0 Å². The van der Waals surface area contributed by atoms with E-state index in [9.17, 15) is 5.26 Å². The number of halogens is 2. The van der Waals surface area contributed by atoms with Crippen LogP contribution in [-0.2, 0) is 6.42 Å². The first-order chi connectivity index (χ1) is 9.58. The van der Waals surface area contributed by atoms with E-state index in [4.69, 9.17) is 16.3 Å². The summed E-state index contributed by atoms with van der Waals surface area (Å²) in [6, 6.07) is 15.6. The minimum absolute atomic E-state index is 0.489. The van der Waals surface area contributed by atoms with Crippen molar-refractivity contribution in [3.8, 4) is 11.8 Å². The number of ether oxygens (including phenoxy) is 1. The lowest BCUT2D eigenvalue weighted by Gasteiger charge is -2.14. The smallest absolute Gasteiger partial charge is 0.188 e. The molecule has 0 heterocycles. The Hall–Kier alpha value is -1.50. The predicted octanol–water partition coefficient (Wildman–Crippen LogP) is 4.92. The molecule has 0 spiro atoms. The Labute approximate surface area is 132 Å². The van der Waals surface area contributed by atoms with Gasteiger partial charge in [-0.1, -0.05) is 57.4 Å². The molecular formula is C16H13BrClNO. The molecule has 2 aromatic rings. The quantitative estimate of drug-likeness (QED) is 0.783. The Bertz CT molecular complexity index is 634. The highest BCUT2D eigenvalue weighted by molar-refractivity contribution is 9.10. The summed E-state index contributed by atoms with van der Waals surface area (Å²) in [5.41, 5.74) is 2.26. The van der Waals surface area contributed by atoms with Gasteiger partial charge in [0, 0.05) is 10.9 Å². The standard InChI is InChI=1S/C16H13BrClNO/c1-11-2-4-12(5-3-11)8-14(10-19)20-16-7-6-13(17)9-15(16)18/h2-7,9,14H,8H2,1H3/t14-/m1/s1. The number of rotatable bonds is 4. The summed E-state index contributed by atoms with van der Waals surface area (Å²) in [5.74, 6) is 0.522. The lowest BCUT2D eigenvalue weighted by atomic mass is 10.1. The van der Waals surface area contributed by atoms with Gasteiger partial charge in [-0.25, -0.2) is 0 Å². The van der Waals surface area contributed by atoms with Crippen LogP contribution in [0.5, 0.6) is 5.75 Å². The number of nitriles is 1. The van der Waals surface area contributed by atoms with Crippen molar-refractivity contribution in [3.63, 3.8) is 0 Å². The first kappa shape index (κ1) is 14.9. The number of nitrogens with zero attached hydrogens (tertiary/aromatic N) is 1. The number of hydrogen-bond acceptors (Lipinski definition) is 2. The van der Waals surface area contributed by atoms with Gasteiger partial charge in [-0.3, -0.25) is 0 Å². The van der Waals surface area contributed by atoms with Crippen LogP contribution < -0.4 is 4.74 Å². The lowest BCUT2D eigenvalue weighted by Crippen LogP contribution is -2.17. The van der Waals surface area contributed by atoms with E-state index in [1.165, 1.54) is 5.56 Å². The van der Waals surface area contributed by atoms with E-state index in [0.717, 1.165) is 10.0 Å². The summed E-state index contributed by atoms with van der Waals surface area (Å²) in [6.45, 7) is 2.03. The molecule has 0 bridgehead atoms. The van der Waals surface area contributed by atoms with Crippen molar-refractivity contribution in [2.45, 2.75) is 19.4 Å². The van der Waals surface area contributed by atoms with Gasteiger partial charge in [-0.2, -0.15) is 5.26 Å². The Morgan fingerprint density at radius 1 is 1.25 bits per heavy atom. The van der Waals surface area contributed by atoms with E-state index in [-0.39, 0.29) is 0 Å². The molecule has 4 heteroatoms. The summed E-state index contributed by atoms with van der Waals surface area (Å²) in [5, 5.41) is 9.71. The van der Waals surface area contributed by atoms with Crippen LogP contribution in [0.15, 0.2) is 46.9 Å². The molecule has 0 N–H and O–H groups in total. The molecule has 102 valence electrons. The number of aryl methyl sites for hydroxylation is 1. The minimum atomic E-state index is -0.559. The fourth-order valence-corrected chi connectivity index (χ4v) is 2.49. The molecular weight excluding hydrogens is 338 g/mol. The van der Waals surface area contributed by atoms with Crippen molar-refractivity contribution in [2.24, 2.45) is 0 Å². The maximum absolute atomic E-state index is 9.22. The number of benzene rings is 2. The monoisotopic (exact) mass is 349 g/mol. The van der Waals surface area contributed by atoms with Crippen LogP contribution in [0.1, 0.15) is 11.1 Å². The third kappa shape index (κ3) is 4.00. The van der Waals surface area contributed by atoms with Gasteiger partial charge in [0.15, 0.2) is 6.10 Å². The molecule has 0 amide bonds. The van der Waals surface area contributed by atoms with Crippen molar-refractivity contribution in [1.29, 1.82) is 5.26 Å². The minimum Gasteiger partial charge on any atom is -0.474 e. The summed E-state index contributed by atoms with van der Waals surface area (Å²) in [4.78, 5) is 0. The van der Waals surface area contributed by atoms with E-state index < -0.39 is 6.10 Å². The SMILES string of the molecule is Cc1ccc(C[C@H](C#N)Oc2ccc(Br)cc2Cl)cc1. The average molecular weight is 351 g/mol. The summed E-state index contributed by atoms with van der Waals surface area (Å²) in [7, 11) is 0. The highest BCUT2D eigenvalue weighted by Crippen LogP contribution is 2.28. The molecule has 0 aliphatic carbocycles. The number of hydrogen-bond donors (Lipinski definition) is 0.